The molecule has 0 atom stereocenters. The van der Waals surface area contributed by atoms with Gasteiger partial charge >= 0.3 is 51.4 Å². The average Bonchev–Trinajstić information content (AvgIpc) is 2.18. The number of hydrogen-bond donors (Lipinski definition) is 0. The van der Waals surface area contributed by atoms with Crippen LogP contribution in [0.1, 0.15) is 11.1 Å². The molecule has 0 radical (unpaired) electrons. The van der Waals surface area contributed by atoms with Crippen LogP contribution < -0.4 is 51.4 Å². The Morgan fingerprint density at radius 2 is 1.75 bits per heavy atom. The molecule has 0 amide bonds. The van der Waals surface area contributed by atoms with E-state index in [1.165, 1.54) is 10.8 Å². The molecule has 0 aliphatic carbocycles. The van der Waals surface area contributed by atoms with Gasteiger partial charge in [0.05, 0.1) is 0 Å². The van der Waals surface area contributed by atoms with E-state index in [0.29, 0.717) is 6.54 Å². The first-order valence-electron chi connectivity index (χ1n) is 4.64. The Labute approximate surface area is 136 Å². The molecular formula is C12H10KNO2. The monoisotopic (exact) mass is 239 g/mol. The average molecular weight is 239 g/mol. The Morgan fingerprint density at radius 1 is 1.06 bits per heavy atom. The van der Waals surface area contributed by atoms with Gasteiger partial charge in [-0.1, -0.05) is 30.3 Å². The van der Waals surface area contributed by atoms with Crippen molar-refractivity contribution in [3.63, 3.8) is 0 Å². The van der Waals surface area contributed by atoms with Crippen molar-refractivity contribution in [3.8, 4) is 0 Å². The van der Waals surface area contributed by atoms with Crippen LogP contribution in [-0.4, -0.2) is 16.4 Å². The Bertz CT molecular complexity index is 546. The molecule has 0 saturated carbocycles. The molecule has 1 aliphatic rings. The second kappa shape index (κ2) is 5.40. The van der Waals surface area contributed by atoms with Crippen LogP contribution in [-0.2, 0) is 6.54 Å². The molecule has 0 unspecified atom stereocenters. The van der Waals surface area contributed by atoms with Crippen molar-refractivity contribution in [2.24, 2.45) is 0 Å². The van der Waals surface area contributed by atoms with Gasteiger partial charge in [-0.25, -0.2) is 4.74 Å². The number of rotatable bonds is 0. The van der Waals surface area contributed by atoms with Crippen LogP contribution in [0.3, 0.4) is 0 Å². The van der Waals surface area contributed by atoms with E-state index in [9.17, 15) is 5.21 Å². The largest absolute Gasteiger partial charge is 1.00 e. The molecule has 76 valence electrons. The van der Waals surface area contributed by atoms with Gasteiger partial charge in [-0.15, -0.1) is 0 Å². The summed E-state index contributed by atoms with van der Waals surface area (Å²) in [6, 6.07) is 12.1. The Hall–Kier alpha value is -0.234. The number of nitrogens with zero attached hydrogens (tertiary/aromatic N) is 1. The molecule has 0 aromatic heterocycles. The summed E-state index contributed by atoms with van der Waals surface area (Å²) in [5, 5.41) is 13.8. The molecular weight excluding hydrogens is 229 g/mol. The van der Waals surface area contributed by atoms with Gasteiger partial charge in [0.2, 0.25) is 0 Å². The molecule has 0 bridgehead atoms. The zero-order valence-corrected chi connectivity index (χ0v) is 12.2. The van der Waals surface area contributed by atoms with Gasteiger partial charge in [-0.3, -0.25) is 0 Å². The topological polar surface area (TPSA) is 56.1 Å². The Kier molecular flexibility index (Phi) is 4.67. The molecule has 0 saturated heterocycles. The van der Waals surface area contributed by atoms with E-state index in [2.05, 4.69) is 12.1 Å². The van der Waals surface area contributed by atoms with E-state index < -0.39 is 0 Å². The van der Waals surface area contributed by atoms with Gasteiger partial charge in [0, 0.05) is 16.5 Å². The molecule has 1 N–H and O–H groups in total. The molecule has 0 fully saturated rings. The van der Waals surface area contributed by atoms with Gasteiger partial charge < -0.3 is 10.7 Å². The maximum atomic E-state index is 11.3. The predicted octanol–water partition coefficient (Wildman–Crippen LogP) is -0.890. The molecule has 1 aliphatic heterocycles. The summed E-state index contributed by atoms with van der Waals surface area (Å²) in [6.45, 7) is 0.467. The fraction of sp³-hybridized carbons (Fsp3) is 0.0833. The van der Waals surface area contributed by atoms with Crippen LogP contribution in [0, 0.1) is 5.21 Å². The molecule has 2 aromatic carbocycles. The first kappa shape index (κ1) is 13.8. The molecule has 4 heteroatoms. The van der Waals surface area contributed by atoms with Crippen molar-refractivity contribution in [1.82, 2.24) is 0 Å². The summed E-state index contributed by atoms with van der Waals surface area (Å²) < 4.78 is 0.983. The van der Waals surface area contributed by atoms with Gasteiger partial charge in [-0.2, -0.15) is 0 Å². The summed E-state index contributed by atoms with van der Waals surface area (Å²) in [6.07, 6.45) is 1.66. The SMILES string of the molecule is [K+].[O-][N+]1=Cc2cccc3cccc(c23)C1.[OH-]. The summed E-state index contributed by atoms with van der Waals surface area (Å²) in [5.41, 5.74) is 2.15. The van der Waals surface area contributed by atoms with Crippen molar-refractivity contribution in [1.29, 1.82) is 0 Å². The van der Waals surface area contributed by atoms with Gasteiger partial charge in [0.1, 0.15) is 0 Å². The Morgan fingerprint density at radius 3 is 2.50 bits per heavy atom. The minimum absolute atomic E-state index is 0. The van der Waals surface area contributed by atoms with E-state index in [4.69, 9.17) is 0 Å². The first-order valence-corrected chi connectivity index (χ1v) is 4.64. The van der Waals surface area contributed by atoms with Gasteiger partial charge in [0.25, 0.3) is 0 Å². The predicted molar refractivity (Wildman–Crippen MR) is 58.4 cm³/mol. The standard InChI is InChI=1S/C12H9NO.K.H2O/c14-13-7-10-5-1-3-9-4-2-6-11(8-13)12(9)10;;/h1-7H,8H2;;1H2/q;+1;/p-1. The third kappa shape index (κ3) is 2.22. The minimum Gasteiger partial charge on any atom is -0.870 e. The van der Waals surface area contributed by atoms with Crippen LogP contribution in [0.25, 0.3) is 10.8 Å². The third-order valence-electron chi connectivity index (χ3n) is 2.63. The minimum atomic E-state index is 0. The maximum Gasteiger partial charge on any atom is 1.00 e. The van der Waals surface area contributed by atoms with Crippen molar-refractivity contribution >= 4 is 17.0 Å². The zero-order valence-electron chi connectivity index (χ0n) is 9.05. The summed E-state index contributed by atoms with van der Waals surface area (Å²) >= 11 is 0. The van der Waals surface area contributed by atoms with Crippen molar-refractivity contribution < 1.29 is 61.6 Å². The van der Waals surface area contributed by atoms with Crippen LogP contribution in [0.2, 0.25) is 0 Å². The van der Waals surface area contributed by atoms with Gasteiger partial charge in [-0.05, 0) is 11.5 Å². The number of hydrogen-bond acceptors (Lipinski definition) is 2. The first-order chi connectivity index (χ1) is 6.84. The zero-order chi connectivity index (χ0) is 9.54. The quantitative estimate of drug-likeness (QED) is 0.340. The number of benzene rings is 2. The van der Waals surface area contributed by atoms with Crippen LogP contribution in [0.15, 0.2) is 36.4 Å². The van der Waals surface area contributed by atoms with E-state index in [1.54, 1.807) is 6.21 Å². The molecule has 3 nitrogen and oxygen atoms in total. The van der Waals surface area contributed by atoms with E-state index in [1.807, 2.05) is 24.3 Å². The van der Waals surface area contributed by atoms with Gasteiger partial charge in [0.15, 0.2) is 12.8 Å². The van der Waals surface area contributed by atoms with E-state index in [-0.39, 0.29) is 56.9 Å². The fourth-order valence-electron chi connectivity index (χ4n) is 2.06. The molecule has 0 spiro atoms. The molecule has 2 aromatic rings. The summed E-state index contributed by atoms with van der Waals surface area (Å²) in [7, 11) is 0. The smallest absolute Gasteiger partial charge is 0.870 e. The van der Waals surface area contributed by atoms with Crippen molar-refractivity contribution in [2.45, 2.75) is 6.54 Å². The third-order valence-corrected chi connectivity index (χ3v) is 2.63. The normalized spacial score (nSPS) is 12.4. The fourth-order valence-corrected chi connectivity index (χ4v) is 2.06. The molecule has 1 heterocycles. The molecule has 3 rings (SSSR count). The second-order valence-electron chi connectivity index (χ2n) is 3.57. The maximum absolute atomic E-state index is 11.3. The van der Waals surface area contributed by atoms with E-state index in [0.717, 1.165) is 15.9 Å². The summed E-state index contributed by atoms with van der Waals surface area (Å²) in [5.74, 6) is 0. The van der Waals surface area contributed by atoms with Crippen LogP contribution >= 0.6 is 0 Å². The number of hydroxylamine groups is 1. The van der Waals surface area contributed by atoms with Crippen molar-refractivity contribution in [3.05, 3.63) is 52.7 Å². The molecule has 16 heavy (non-hydrogen) atoms. The van der Waals surface area contributed by atoms with Crippen LogP contribution in [0.5, 0.6) is 0 Å². The summed E-state index contributed by atoms with van der Waals surface area (Å²) in [4.78, 5) is 0. The van der Waals surface area contributed by atoms with Crippen LogP contribution in [0.4, 0.5) is 0 Å². The van der Waals surface area contributed by atoms with E-state index >= 15 is 0 Å². The second-order valence-corrected chi connectivity index (χ2v) is 3.57. The van der Waals surface area contributed by atoms with Crippen molar-refractivity contribution in [2.75, 3.05) is 0 Å². The Balaban J connectivity index is 0.000000640.